The zero-order valence-electron chi connectivity index (χ0n) is 8.51. The van der Waals surface area contributed by atoms with Crippen molar-refractivity contribution < 1.29 is 19.8 Å². The van der Waals surface area contributed by atoms with Crippen LogP contribution in [0.3, 0.4) is 0 Å². The van der Waals surface area contributed by atoms with Crippen molar-refractivity contribution in [1.29, 1.82) is 0 Å². The molecule has 1 heterocycles. The Morgan fingerprint density at radius 3 is 2.59 bits per heavy atom. The second-order valence-electron chi connectivity index (χ2n) is 2.93. The number of rotatable bonds is 6. The van der Waals surface area contributed by atoms with E-state index in [1.165, 1.54) is 10.6 Å². The maximum atomic E-state index is 10.4. The first kappa shape index (κ1) is 13.7. The Hall–Kier alpha value is -1.38. The second kappa shape index (κ2) is 6.38. The van der Waals surface area contributed by atoms with Gasteiger partial charge in [-0.2, -0.15) is 0 Å². The van der Waals surface area contributed by atoms with Crippen LogP contribution in [-0.4, -0.2) is 39.7 Å². The number of hydrogen-bond acceptors (Lipinski definition) is 6. The molecule has 0 aromatic heterocycles. The Labute approximate surface area is 106 Å². The molecule has 0 radical (unpaired) electrons. The first-order valence-electron chi connectivity index (χ1n) is 4.44. The van der Waals surface area contributed by atoms with Gasteiger partial charge < -0.3 is 15.5 Å². The lowest BCUT2D eigenvalue weighted by atomic mass is 10.4. The summed E-state index contributed by atoms with van der Waals surface area (Å²) < 4.78 is 1.78. The molecule has 0 aromatic carbocycles. The van der Waals surface area contributed by atoms with E-state index in [0.29, 0.717) is 10.1 Å². The molecule has 0 amide bonds. The average molecular weight is 280 g/mol. The zero-order chi connectivity index (χ0) is 12.8. The molecular weight excluding hydrogens is 270 g/mol. The molecule has 0 aliphatic carbocycles. The van der Waals surface area contributed by atoms with Crippen LogP contribution in [0.2, 0.25) is 0 Å². The third kappa shape index (κ3) is 5.48. The van der Waals surface area contributed by atoms with E-state index in [1.807, 2.05) is 0 Å². The topological polar surface area (TPSA) is 102 Å². The SMILES string of the molecule is O=C(O)CNC1=CN(NCC(=O)O)SC(Cl)=C1. The molecule has 0 saturated carbocycles. The standard InChI is InChI=1S/C8H10ClN3O4S/c9-6-1-5(10-2-7(13)14)4-12(17-6)11-3-8(15)16/h1,4,10-11H,2-3H2,(H,13,14)(H,15,16). The predicted molar refractivity (Wildman–Crippen MR) is 62.7 cm³/mol. The van der Waals surface area contributed by atoms with Crippen molar-refractivity contribution in [3.05, 3.63) is 22.3 Å². The molecule has 0 bridgehead atoms. The van der Waals surface area contributed by atoms with Gasteiger partial charge in [0.1, 0.15) is 13.1 Å². The van der Waals surface area contributed by atoms with Gasteiger partial charge in [0.25, 0.3) is 0 Å². The summed E-state index contributed by atoms with van der Waals surface area (Å²) >= 11 is 6.89. The lowest BCUT2D eigenvalue weighted by Crippen LogP contribution is -2.35. The Morgan fingerprint density at radius 2 is 2.00 bits per heavy atom. The summed E-state index contributed by atoms with van der Waals surface area (Å²) in [4.78, 5) is 20.7. The molecule has 0 saturated heterocycles. The quantitative estimate of drug-likeness (QED) is 0.509. The number of allylic oxidation sites excluding steroid dienone is 1. The number of carboxylic acids is 2. The van der Waals surface area contributed by atoms with Crippen LogP contribution in [0.5, 0.6) is 0 Å². The molecule has 94 valence electrons. The Bertz CT molecular complexity index is 385. The maximum absolute atomic E-state index is 10.4. The molecule has 1 rings (SSSR count). The highest BCUT2D eigenvalue weighted by Gasteiger charge is 2.13. The number of aliphatic carboxylic acids is 2. The fourth-order valence-corrected chi connectivity index (χ4v) is 1.93. The average Bonchev–Trinajstić information content (AvgIpc) is 2.23. The highest BCUT2D eigenvalue weighted by molar-refractivity contribution is 8.02. The molecule has 9 heteroatoms. The van der Waals surface area contributed by atoms with Crippen molar-refractivity contribution in [1.82, 2.24) is 15.2 Å². The summed E-state index contributed by atoms with van der Waals surface area (Å²) in [5.41, 5.74) is 3.06. The van der Waals surface area contributed by atoms with Crippen LogP contribution in [0.25, 0.3) is 0 Å². The number of halogens is 1. The highest BCUT2D eigenvalue weighted by atomic mass is 35.5. The van der Waals surface area contributed by atoms with Gasteiger partial charge in [0.2, 0.25) is 0 Å². The maximum Gasteiger partial charge on any atom is 0.322 e. The van der Waals surface area contributed by atoms with Crippen molar-refractivity contribution in [2.24, 2.45) is 0 Å². The van der Waals surface area contributed by atoms with E-state index in [0.717, 1.165) is 11.9 Å². The van der Waals surface area contributed by atoms with Crippen LogP contribution in [0.1, 0.15) is 0 Å². The summed E-state index contributed by atoms with van der Waals surface area (Å²) in [6.07, 6.45) is 3.07. The zero-order valence-corrected chi connectivity index (χ0v) is 10.1. The number of hydrogen-bond donors (Lipinski definition) is 4. The summed E-state index contributed by atoms with van der Waals surface area (Å²) in [5.74, 6) is -2.01. The summed E-state index contributed by atoms with van der Waals surface area (Å²) in [6.45, 7) is -0.510. The molecule has 4 N–H and O–H groups in total. The Balaban J connectivity index is 2.55. The van der Waals surface area contributed by atoms with Crippen LogP contribution < -0.4 is 10.7 Å². The van der Waals surface area contributed by atoms with Gasteiger partial charge in [-0.25, -0.2) is 9.84 Å². The second-order valence-corrected chi connectivity index (χ2v) is 4.57. The van der Waals surface area contributed by atoms with E-state index in [9.17, 15) is 9.59 Å². The first-order valence-corrected chi connectivity index (χ1v) is 5.59. The Kier molecular flexibility index (Phi) is 5.13. The van der Waals surface area contributed by atoms with E-state index in [1.54, 1.807) is 6.08 Å². The lowest BCUT2D eigenvalue weighted by molar-refractivity contribution is -0.137. The summed E-state index contributed by atoms with van der Waals surface area (Å²) in [6, 6.07) is 0. The summed E-state index contributed by atoms with van der Waals surface area (Å²) in [7, 11) is 0. The van der Waals surface area contributed by atoms with Gasteiger partial charge in [0, 0.05) is 11.9 Å². The molecule has 7 nitrogen and oxygen atoms in total. The van der Waals surface area contributed by atoms with E-state index < -0.39 is 11.9 Å². The third-order valence-corrected chi connectivity index (χ3v) is 2.58. The Morgan fingerprint density at radius 1 is 1.35 bits per heavy atom. The molecule has 0 unspecified atom stereocenters. The number of nitrogens with zero attached hydrogens (tertiary/aromatic N) is 1. The van der Waals surface area contributed by atoms with Gasteiger partial charge >= 0.3 is 11.9 Å². The largest absolute Gasteiger partial charge is 0.480 e. The molecular formula is C8H10ClN3O4S. The lowest BCUT2D eigenvalue weighted by Gasteiger charge is -2.23. The highest BCUT2D eigenvalue weighted by Crippen LogP contribution is 2.28. The van der Waals surface area contributed by atoms with E-state index in [4.69, 9.17) is 21.8 Å². The molecule has 1 aliphatic heterocycles. The van der Waals surface area contributed by atoms with Gasteiger partial charge in [0.15, 0.2) is 0 Å². The number of hydrazine groups is 1. The van der Waals surface area contributed by atoms with Crippen molar-refractivity contribution in [3.63, 3.8) is 0 Å². The van der Waals surface area contributed by atoms with Crippen LogP contribution in [0.15, 0.2) is 22.3 Å². The van der Waals surface area contributed by atoms with Gasteiger partial charge in [-0.1, -0.05) is 11.6 Å². The van der Waals surface area contributed by atoms with Crippen molar-refractivity contribution in [2.75, 3.05) is 13.1 Å². The first-order chi connectivity index (χ1) is 7.97. The molecule has 0 atom stereocenters. The molecule has 1 aliphatic rings. The monoisotopic (exact) mass is 279 g/mol. The van der Waals surface area contributed by atoms with Gasteiger partial charge in [-0.15, -0.1) is 0 Å². The number of nitrogens with one attached hydrogen (secondary N) is 2. The van der Waals surface area contributed by atoms with Crippen molar-refractivity contribution >= 4 is 35.5 Å². The van der Waals surface area contributed by atoms with E-state index in [-0.39, 0.29) is 13.1 Å². The number of carbonyl (C=O) groups is 2. The minimum atomic E-state index is -1.01. The van der Waals surface area contributed by atoms with Crippen LogP contribution in [0, 0.1) is 0 Å². The van der Waals surface area contributed by atoms with Crippen LogP contribution in [-0.2, 0) is 9.59 Å². The van der Waals surface area contributed by atoms with Gasteiger partial charge in [-0.3, -0.25) is 9.59 Å². The van der Waals surface area contributed by atoms with Crippen molar-refractivity contribution in [3.8, 4) is 0 Å². The normalized spacial score (nSPS) is 15.0. The molecule has 17 heavy (non-hydrogen) atoms. The minimum Gasteiger partial charge on any atom is -0.480 e. The van der Waals surface area contributed by atoms with Crippen LogP contribution in [0.4, 0.5) is 0 Å². The molecule has 0 aromatic rings. The fourth-order valence-electron chi connectivity index (χ4n) is 0.930. The van der Waals surface area contributed by atoms with Crippen molar-refractivity contribution in [2.45, 2.75) is 0 Å². The molecule has 0 fully saturated rings. The molecule has 0 spiro atoms. The smallest absolute Gasteiger partial charge is 0.322 e. The summed E-state index contributed by atoms with van der Waals surface area (Å²) in [5, 5.41) is 19.6. The number of carboxylic acid groups (broad SMARTS) is 2. The fraction of sp³-hybridized carbons (Fsp3) is 0.250. The predicted octanol–water partition coefficient (Wildman–Crippen LogP) is 0.135. The van der Waals surface area contributed by atoms with E-state index in [2.05, 4.69) is 10.7 Å². The van der Waals surface area contributed by atoms with Crippen LogP contribution >= 0.6 is 23.5 Å². The van der Waals surface area contributed by atoms with Gasteiger partial charge in [-0.05, 0) is 6.08 Å². The third-order valence-electron chi connectivity index (χ3n) is 1.54. The van der Waals surface area contributed by atoms with E-state index >= 15 is 0 Å². The van der Waals surface area contributed by atoms with Gasteiger partial charge in [0.05, 0.1) is 16.3 Å². The minimum absolute atomic E-state index is 0.246.